The fourth-order valence-corrected chi connectivity index (χ4v) is 6.59. The van der Waals surface area contributed by atoms with Gasteiger partial charge in [-0.25, -0.2) is 8.42 Å². The maximum absolute atomic E-state index is 13.6. The molecule has 0 aliphatic heterocycles. The van der Waals surface area contributed by atoms with Crippen molar-refractivity contribution in [2.75, 3.05) is 16.2 Å². The Hall–Kier alpha value is -3.43. The molecule has 0 unspecified atom stereocenters. The van der Waals surface area contributed by atoms with Crippen LogP contribution in [0.15, 0.2) is 76.4 Å². The molecule has 0 saturated heterocycles. The normalized spacial score (nSPS) is 11.9. The van der Waals surface area contributed by atoms with Crippen LogP contribution in [0.1, 0.15) is 50.8 Å². The van der Waals surface area contributed by atoms with Crippen molar-refractivity contribution in [3.8, 4) is 0 Å². The highest BCUT2D eigenvalue weighted by Crippen LogP contribution is 2.27. The van der Waals surface area contributed by atoms with Crippen molar-refractivity contribution in [3.05, 3.63) is 87.5 Å². The number of carbonyl (C=O) groups is 1. The molecule has 0 saturated carbocycles. The van der Waals surface area contributed by atoms with Crippen LogP contribution in [-0.2, 0) is 14.8 Å². The van der Waals surface area contributed by atoms with Crippen molar-refractivity contribution < 1.29 is 13.2 Å². The van der Waals surface area contributed by atoms with Gasteiger partial charge in [-0.05, 0) is 74.7 Å². The van der Waals surface area contributed by atoms with Crippen LogP contribution in [-0.4, -0.2) is 25.4 Å². The van der Waals surface area contributed by atoms with Gasteiger partial charge in [0, 0.05) is 11.7 Å². The van der Waals surface area contributed by atoms with Crippen LogP contribution in [0.5, 0.6) is 0 Å². The Morgan fingerprint density at radius 3 is 2.22 bits per heavy atom. The second kappa shape index (κ2) is 10.5. The molecule has 194 valence electrons. The maximum atomic E-state index is 13.6. The topological polar surface area (TPSA) is 88.5 Å². The Bertz CT molecular complexity index is 1580. The molecule has 0 atom stereocenters. The molecule has 1 aromatic heterocycles. The second-order valence-corrected chi connectivity index (χ2v) is 12.5. The number of anilines is 2. The zero-order valence-electron chi connectivity index (χ0n) is 21.6. The van der Waals surface area contributed by atoms with Crippen LogP contribution < -0.4 is 14.5 Å². The van der Waals surface area contributed by atoms with E-state index in [2.05, 4.69) is 19.2 Å². The van der Waals surface area contributed by atoms with Gasteiger partial charge >= 0.3 is 4.87 Å². The van der Waals surface area contributed by atoms with Crippen LogP contribution >= 0.6 is 11.3 Å². The maximum Gasteiger partial charge on any atom is 0.308 e. The molecule has 9 heteroatoms. The molecule has 0 aliphatic rings. The van der Waals surface area contributed by atoms with Crippen LogP contribution in [0.2, 0.25) is 0 Å². The van der Waals surface area contributed by atoms with Gasteiger partial charge in [0.15, 0.2) is 0 Å². The third-order valence-electron chi connectivity index (χ3n) is 6.16. The molecule has 37 heavy (non-hydrogen) atoms. The van der Waals surface area contributed by atoms with Crippen molar-refractivity contribution in [3.63, 3.8) is 0 Å². The Kier molecular flexibility index (Phi) is 7.57. The summed E-state index contributed by atoms with van der Waals surface area (Å²) >= 11 is 1.12. The van der Waals surface area contributed by atoms with Crippen molar-refractivity contribution in [1.29, 1.82) is 0 Å². The molecule has 0 spiro atoms. The molecule has 4 aromatic rings. The van der Waals surface area contributed by atoms with E-state index in [0.717, 1.165) is 37.0 Å². The summed E-state index contributed by atoms with van der Waals surface area (Å²) < 4.78 is 30.9. The molecule has 3 aromatic carbocycles. The van der Waals surface area contributed by atoms with Gasteiger partial charge < -0.3 is 5.32 Å². The minimum absolute atomic E-state index is 0.0179. The van der Waals surface area contributed by atoms with Crippen LogP contribution in [0.3, 0.4) is 0 Å². The Labute approximate surface area is 221 Å². The third kappa shape index (κ3) is 5.62. The zero-order chi connectivity index (χ0) is 26.9. The number of carbonyl (C=O) groups excluding carboxylic acids is 1. The fourth-order valence-electron chi connectivity index (χ4n) is 4.11. The fraction of sp³-hybridized carbons (Fsp3) is 0.286. The van der Waals surface area contributed by atoms with E-state index in [0.29, 0.717) is 11.4 Å². The van der Waals surface area contributed by atoms with Gasteiger partial charge in [0.05, 0.1) is 20.8 Å². The summed E-state index contributed by atoms with van der Waals surface area (Å²) in [4.78, 5) is 25.6. The van der Waals surface area contributed by atoms with E-state index >= 15 is 0 Å². The summed E-state index contributed by atoms with van der Waals surface area (Å²) in [6.45, 7) is 9.49. The molecule has 1 heterocycles. The number of hydrogen-bond donors (Lipinski definition) is 1. The van der Waals surface area contributed by atoms with E-state index in [1.165, 1.54) is 0 Å². The average Bonchev–Trinajstić information content (AvgIpc) is 3.18. The lowest BCUT2D eigenvalue weighted by molar-refractivity contribution is -0.114. The minimum atomic E-state index is -4.01. The van der Waals surface area contributed by atoms with Crippen molar-refractivity contribution in [1.82, 2.24) is 4.57 Å². The van der Waals surface area contributed by atoms with Crippen LogP contribution in [0, 0.1) is 6.92 Å². The number of thiazole rings is 1. The van der Waals surface area contributed by atoms with E-state index < -0.39 is 22.5 Å². The minimum Gasteiger partial charge on any atom is -0.324 e. The molecule has 7 nitrogen and oxygen atoms in total. The molecule has 0 bridgehead atoms. The number of fused-ring (bicyclic) bond motifs is 1. The molecular formula is C28H31N3O4S2. The van der Waals surface area contributed by atoms with Crippen LogP contribution in [0.4, 0.5) is 11.4 Å². The van der Waals surface area contributed by atoms with Gasteiger partial charge in [-0.1, -0.05) is 55.0 Å². The van der Waals surface area contributed by atoms with E-state index in [9.17, 15) is 18.0 Å². The highest BCUT2D eigenvalue weighted by molar-refractivity contribution is 7.92. The van der Waals surface area contributed by atoms with E-state index in [1.807, 2.05) is 32.9 Å². The molecule has 0 fully saturated rings. The highest BCUT2D eigenvalue weighted by Gasteiger charge is 2.27. The SMILES string of the molecule is Cc1ccc(S(=O)(=O)N(CC(=O)Nc2ccc3c(c2)sc(=O)n3C(C)C)c2ccc(C(C)C)cc2)cc1. The third-order valence-corrected chi connectivity index (χ3v) is 8.86. The average molecular weight is 538 g/mol. The number of sulfonamides is 1. The predicted octanol–water partition coefficient (Wildman–Crippen LogP) is 5.91. The molecule has 1 amide bonds. The van der Waals surface area contributed by atoms with Crippen molar-refractivity contribution >= 4 is 48.9 Å². The quantitative estimate of drug-likeness (QED) is 0.303. The lowest BCUT2D eigenvalue weighted by Gasteiger charge is -2.24. The smallest absolute Gasteiger partial charge is 0.308 e. The van der Waals surface area contributed by atoms with E-state index in [-0.39, 0.29) is 21.7 Å². The van der Waals surface area contributed by atoms with Crippen LogP contribution in [0.25, 0.3) is 10.2 Å². The summed E-state index contributed by atoms with van der Waals surface area (Å²) in [6.07, 6.45) is 0. The largest absolute Gasteiger partial charge is 0.324 e. The summed E-state index contributed by atoms with van der Waals surface area (Å²) in [5.74, 6) is -0.200. The number of benzene rings is 3. The molecule has 1 N–H and O–H groups in total. The molecule has 0 radical (unpaired) electrons. The van der Waals surface area contributed by atoms with Gasteiger partial charge in [-0.15, -0.1) is 0 Å². The van der Waals surface area contributed by atoms with Gasteiger partial charge in [0.2, 0.25) is 5.91 Å². The lowest BCUT2D eigenvalue weighted by atomic mass is 10.0. The summed E-state index contributed by atoms with van der Waals surface area (Å²) in [5.41, 5.74) is 3.71. The number of aromatic nitrogens is 1. The number of rotatable bonds is 8. The number of nitrogens with one attached hydrogen (secondary N) is 1. The summed E-state index contributed by atoms with van der Waals surface area (Å²) in [6, 6.07) is 19.1. The first-order chi connectivity index (χ1) is 17.5. The van der Waals surface area contributed by atoms with Gasteiger partial charge in [0.25, 0.3) is 10.0 Å². The molecule has 0 aliphatic carbocycles. The van der Waals surface area contributed by atoms with E-state index in [1.54, 1.807) is 59.2 Å². The number of aryl methyl sites for hydroxylation is 1. The Morgan fingerprint density at radius 2 is 1.62 bits per heavy atom. The standard InChI is InChI=1S/C28H31N3O4S2/c1-18(2)21-8-11-23(12-9-21)30(37(34,35)24-13-6-20(5)7-14-24)17-27(32)29-22-10-15-25-26(16-22)36-28(33)31(25)19(3)4/h6-16,18-19H,17H2,1-5H3,(H,29,32). The molecular weight excluding hydrogens is 506 g/mol. The second-order valence-electron chi connectivity index (χ2n) is 9.63. The Morgan fingerprint density at radius 1 is 0.973 bits per heavy atom. The van der Waals surface area contributed by atoms with Gasteiger partial charge in [0.1, 0.15) is 6.54 Å². The first-order valence-electron chi connectivity index (χ1n) is 12.1. The monoisotopic (exact) mass is 537 g/mol. The van der Waals surface area contributed by atoms with Crippen molar-refractivity contribution in [2.24, 2.45) is 0 Å². The Balaban J connectivity index is 1.65. The number of nitrogens with zero attached hydrogens (tertiary/aromatic N) is 2. The molecule has 4 rings (SSSR count). The zero-order valence-corrected chi connectivity index (χ0v) is 23.2. The summed E-state index contributed by atoms with van der Waals surface area (Å²) in [7, 11) is -4.01. The number of amides is 1. The summed E-state index contributed by atoms with van der Waals surface area (Å²) in [5, 5.41) is 2.80. The number of hydrogen-bond acceptors (Lipinski definition) is 5. The van der Waals surface area contributed by atoms with Gasteiger partial charge in [-0.2, -0.15) is 0 Å². The first-order valence-corrected chi connectivity index (χ1v) is 14.4. The lowest BCUT2D eigenvalue weighted by Crippen LogP contribution is -2.38. The van der Waals surface area contributed by atoms with Crippen molar-refractivity contribution in [2.45, 2.75) is 51.5 Å². The highest BCUT2D eigenvalue weighted by atomic mass is 32.2. The predicted molar refractivity (Wildman–Crippen MR) is 151 cm³/mol. The first kappa shape index (κ1) is 26.6. The van der Waals surface area contributed by atoms with E-state index in [4.69, 9.17) is 0 Å². The van der Waals surface area contributed by atoms with Gasteiger partial charge in [-0.3, -0.25) is 18.5 Å².